The maximum absolute atomic E-state index is 14.2. The van der Waals surface area contributed by atoms with Gasteiger partial charge in [-0.15, -0.1) is 0 Å². The molecule has 0 aliphatic carbocycles. The van der Waals surface area contributed by atoms with E-state index in [1.165, 1.54) is 13.8 Å². The molecule has 0 radical (unpaired) electrons. The summed E-state index contributed by atoms with van der Waals surface area (Å²) in [7, 11) is 0. The van der Waals surface area contributed by atoms with Gasteiger partial charge in [0, 0.05) is 13.0 Å². The fraction of sp³-hybridized carbons (Fsp3) is 0.651. The zero-order valence-electron chi connectivity index (χ0n) is 39.3. The number of hydrogen-bond donors (Lipinski definition) is 16. The van der Waals surface area contributed by atoms with Crippen LogP contribution in [0.3, 0.4) is 0 Å². The molecular weight excluding hydrogens is 889 g/mol. The fourth-order valence-electron chi connectivity index (χ4n) is 7.00. The minimum Gasteiger partial charge on any atom is -0.391 e. The summed E-state index contributed by atoms with van der Waals surface area (Å²) in [6.45, 7) is 5.20. The van der Waals surface area contributed by atoms with Crippen LogP contribution in [0.25, 0.3) is 0 Å². The number of carbonyl (C=O) groups excluding carboxylic acids is 9. The first-order chi connectivity index (χ1) is 32.2. The highest BCUT2D eigenvalue weighted by Crippen LogP contribution is 2.11. The topological polar surface area (TPSA) is 432 Å². The minimum atomic E-state index is -1.63. The van der Waals surface area contributed by atoms with Gasteiger partial charge in [0.25, 0.3) is 0 Å². The molecule has 0 bridgehead atoms. The third-order valence-electron chi connectivity index (χ3n) is 10.9. The average molecular weight is 963 g/mol. The van der Waals surface area contributed by atoms with Crippen LogP contribution in [0.15, 0.2) is 30.3 Å². The summed E-state index contributed by atoms with van der Waals surface area (Å²) in [4.78, 5) is 124. The first-order valence-corrected chi connectivity index (χ1v) is 22.8. The maximum Gasteiger partial charge on any atom is 0.245 e. The second kappa shape index (κ2) is 29.8. The summed E-state index contributed by atoms with van der Waals surface area (Å²) in [5.74, 6) is -8.14. The van der Waals surface area contributed by atoms with Crippen LogP contribution in [-0.4, -0.2) is 163 Å². The van der Waals surface area contributed by atoms with Crippen LogP contribution in [0, 0.1) is 5.92 Å². The van der Waals surface area contributed by atoms with Crippen molar-refractivity contribution in [3.63, 3.8) is 0 Å². The van der Waals surface area contributed by atoms with E-state index >= 15 is 0 Å². The summed E-state index contributed by atoms with van der Waals surface area (Å²) in [6.07, 6.45) is -3.78. The van der Waals surface area contributed by atoms with Crippen molar-refractivity contribution in [2.24, 2.45) is 34.6 Å². The molecule has 25 heteroatoms. The Morgan fingerprint density at radius 2 is 1.10 bits per heavy atom. The molecule has 0 saturated carbocycles. The van der Waals surface area contributed by atoms with Crippen LogP contribution >= 0.6 is 0 Å². The maximum atomic E-state index is 14.2. The molecule has 11 atom stereocenters. The summed E-state index contributed by atoms with van der Waals surface area (Å²) in [5, 5.41) is 43.4. The zero-order valence-corrected chi connectivity index (χ0v) is 39.3. The van der Waals surface area contributed by atoms with Gasteiger partial charge in [-0.3, -0.25) is 43.2 Å². The molecular formula is C43H74N14O11. The smallest absolute Gasteiger partial charge is 0.245 e. The first kappa shape index (κ1) is 58.3. The molecule has 1 aromatic rings. The van der Waals surface area contributed by atoms with Gasteiger partial charge in [0.2, 0.25) is 53.2 Å². The van der Waals surface area contributed by atoms with Crippen LogP contribution in [0.5, 0.6) is 0 Å². The minimum absolute atomic E-state index is 0.0731. The normalized spacial score (nSPS) is 24.9. The molecule has 1 saturated heterocycles. The number of amides is 9. The Kier molecular flexibility index (Phi) is 25.6. The number of nitrogens with two attached hydrogens (primary N) is 5. The monoisotopic (exact) mass is 963 g/mol. The second-order valence-corrected chi connectivity index (χ2v) is 17.1. The number of benzene rings is 1. The van der Waals surface area contributed by atoms with E-state index in [2.05, 4.69) is 47.9 Å². The number of carbonyl (C=O) groups is 9. The molecule has 2 rings (SSSR count). The summed E-state index contributed by atoms with van der Waals surface area (Å²) in [6, 6.07) is -4.14. The molecule has 25 nitrogen and oxygen atoms in total. The predicted octanol–water partition coefficient (Wildman–Crippen LogP) is -6.84. The van der Waals surface area contributed by atoms with E-state index in [-0.39, 0.29) is 77.0 Å². The van der Waals surface area contributed by atoms with Crippen molar-refractivity contribution in [3.05, 3.63) is 35.9 Å². The molecule has 1 aliphatic rings. The van der Waals surface area contributed by atoms with Crippen LogP contribution in [0.1, 0.15) is 71.8 Å². The molecule has 1 aromatic carbocycles. The predicted molar refractivity (Wildman–Crippen MR) is 249 cm³/mol. The second-order valence-electron chi connectivity index (χ2n) is 17.1. The number of rotatable bonds is 18. The largest absolute Gasteiger partial charge is 0.391 e. The highest BCUT2D eigenvalue weighted by Gasteiger charge is 2.36. The lowest BCUT2D eigenvalue weighted by Gasteiger charge is -2.28. The zero-order chi connectivity index (χ0) is 51.1. The molecule has 0 unspecified atom stereocenters. The molecule has 21 N–H and O–H groups in total. The van der Waals surface area contributed by atoms with Crippen molar-refractivity contribution in [1.29, 1.82) is 0 Å². The van der Waals surface area contributed by atoms with Gasteiger partial charge in [0.15, 0.2) is 0 Å². The number of aliphatic hydroxyl groups is 2. The van der Waals surface area contributed by atoms with Gasteiger partial charge >= 0.3 is 0 Å². The third-order valence-corrected chi connectivity index (χ3v) is 10.9. The first-order valence-electron chi connectivity index (χ1n) is 22.8. The molecule has 9 amide bonds. The number of hydrogen-bond acceptors (Lipinski definition) is 16. The Labute approximate surface area is 396 Å². The highest BCUT2D eigenvalue weighted by molar-refractivity contribution is 5.98. The SMILES string of the molecule is CC(C)C[C@H]1NC(=O)[C@H](Cc2ccccc2)NC(=O)[C@@H](CCN)NC(=O)[C@H](NC(=O)[C@H](CCN)NC(=O)[C@@H](N)[C@@H](C)O)CCNC(=O)[C@H]([C@@H](C)O)NC(=O)[C@@H](CCN)NC(=O)[C@H](CCN)NC1=O. The van der Waals surface area contributed by atoms with E-state index in [1.807, 2.05) is 0 Å². The lowest BCUT2D eigenvalue weighted by molar-refractivity contribution is -0.136. The van der Waals surface area contributed by atoms with E-state index in [4.69, 9.17) is 28.7 Å². The van der Waals surface area contributed by atoms with Gasteiger partial charge in [-0.1, -0.05) is 44.2 Å². The van der Waals surface area contributed by atoms with Gasteiger partial charge in [-0.2, -0.15) is 0 Å². The summed E-state index contributed by atoms with van der Waals surface area (Å²) >= 11 is 0. The van der Waals surface area contributed by atoms with Crippen LogP contribution < -0.4 is 76.5 Å². The van der Waals surface area contributed by atoms with Crippen molar-refractivity contribution >= 4 is 53.2 Å². The van der Waals surface area contributed by atoms with Crippen molar-refractivity contribution in [2.75, 3.05) is 32.7 Å². The Balaban J connectivity index is 2.74. The van der Waals surface area contributed by atoms with Crippen molar-refractivity contribution in [2.45, 2.75) is 139 Å². The van der Waals surface area contributed by atoms with E-state index in [0.29, 0.717) is 5.56 Å². The van der Waals surface area contributed by atoms with Crippen molar-refractivity contribution < 1.29 is 53.4 Å². The number of nitrogens with one attached hydrogen (secondary N) is 9. The molecule has 68 heavy (non-hydrogen) atoms. The number of aliphatic hydroxyl groups excluding tert-OH is 2. The lowest BCUT2D eigenvalue weighted by Crippen LogP contribution is -2.61. The van der Waals surface area contributed by atoms with Gasteiger partial charge in [-0.25, -0.2) is 0 Å². The van der Waals surface area contributed by atoms with Gasteiger partial charge in [-0.05, 0) is 90.0 Å². The standard InChI is InChI=1S/C43H74N14O11/c1-22(2)20-31-40(65)52-26(10-15-44)35(60)51-29(13-18-47)39(64)57-34(24(4)59)43(68)49-19-14-30(53-36(61)28(12-17-46)54-42(67)33(48)23(3)58)38(63)50-27(11-16-45)37(62)56-32(41(66)55-31)21-25-8-6-5-7-9-25/h5-9,22-24,26-34,58-59H,10-21,44-48H2,1-4H3,(H,49,68)(H,50,63)(H,51,60)(H,52,65)(H,53,61)(H,54,67)(H,55,66)(H,56,62)(H,57,64)/t23-,24-,26+,27-,28+,29-,30-,31-,32+,33+,34+/m1/s1. The van der Waals surface area contributed by atoms with E-state index in [9.17, 15) is 53.4 Å². The Hall–Kier alpha value is -5.83. The van der Waals surface area contributed by atoms with E-state index < -0.39 is 126 Å². The Morgan fingerprint density at radius 1 is 0.632 bits per heavy atom. The van der Waals surface area contributed by atoms with Gasteiger partial charge in [0.1, 0.15) is 54.4 Å². The average Bonchev–Trinajstić information content (AvgIpc) is 3.28. The fourth-order valence-corrected chi connectivity index (χ4v) is 7.00. The highest BCUT2D eigenvalue weighted by atomic mass is 16.3. The third kappa shape index (κ3) is 19.4. The quantitative estimate of drug-likeness (QED) is 0.0650. The van der Waals surface area contributed by atoms with Crippen molar-refractivity contribution in [1.82, 2.24) is 47.9 Å². The molecule has 382 valence electrons. The van der Waals surface area contributed by atoms with Gasteiger partial charge in [0.05, 0.1) is 12.2 Å². The van der Waals surface area contributed by atoms with Crippen LogP contribution in [0.2, 0.25) is 0 Å². The molecule has 1 fully saturated rings. The summed E-state index contributed by atoms with van der Waals surface area (Å²) in [5.41, 5.74) is 29.6. The van der Waals surface area contributed by atoms with E-state index in [1.54, 1.807) is 44.2 Å². The molecule has 0 aromatic heterocycles. The van der Waals surface area contributed by atoms with Crippen LogP contribution in [-0.2, 0) is 49.6 Å². The molecule has 1 heterocycles. The van der Waals surface area contributed by atoms with Crippen molar-refractivity contribution in [3.8, 4) is 0 Å². The lowest BCUT2D eigenvalue weighted by atomic mass is 10.00. The molecule has 0 spiro atoms. The van der Waals surface area contributed by atoms with Crippen LogP contribution in [0.4, 0.5) is 0 Å². The Bertz CT molecular complexity index is 1840. The Morgan fingerprint density at radius 3 is 1.59 bits per heavy atom. The molecule has 1 aliphatic heterocycles. The van der Waals surface area contributed by atoms with E-state index in [0.717, 1.165) is 0 Å². The summed E-state index contributed by atoms with van der Waals surface area (Å²) < 4.78 is 0. The van der Waals surface area contributed by atoms with Gasteiger partial charge < -0.3 is 86.7 Å².